The predicted octanol–water partition coefficient (Wildman–Crippen LogP) is 2.79. The summed E-state index contributed by atoms with van der Waals surface area (Å²) in [6.07, 6.45) is 0.850. The van der Waals surface area contributed by atoms with E-state index in [4.69, 9.17) is 9.26 Å². The number of halogens is 1. The number of hydrogen-bond acceptors (Lipinski definition) is 5. The molecule has 1 saturated heterocycles. The average molecular weight is 376 g/mol. The molecule has 7 heteroatoms. The highest BCUT2D eigenvalue weighted by molar-refractivity contribution is 5.76. The van der Waals surface area contributed by atoms with Crippen LogP contribution in [0.5, 0.6) is 5.75 Å². The molecule has 1 fully saturated rings. The van der Waals surface area contributed by atoms with Gasteiger partial charge in [0, 0.05) is 31.0 Å². The molecule has 1 aromatic heterocycles. The Bertz CT molecular complexity index is 799. The molecule has 1 aromatic carbocycles. The second kappa shape index (κ2) is 7.68. The van der Waals surface area contributed by atoms with Crippen molar-refractivity contribution in [2.24, 2.45) is 0 Å². The zero-order valence-corrected chi connectivity index (χ0v) is 15.9. The molecule has 0 spiro atoms. The minimum Gasteiger partial charge on any atom is -0.487 e. The number of aromatic nitrogens is 1. The fourth-order valence-electron chi connectivity index (χ4n) is 3.50. The fraction of sp³-hybridized carbons (Fsp3) is 0.500. The average Bonchev–Trinajstić information content (AvgIpc) is 2.92. The number of hydrogen-bond donors (Lipinski definition) is 1. The van der Waals surface area contributed by atoms with Gasteiger partial charge >= 0.3 is 0 Å². The minimum atomic E-state index is -1.22. The first kappa shape index (κ1) is 19.4. The van der Waals surface area contributed by atoms with E-state index in [0.29, 0.717) is 31.6 Å². The van der Waals surface area contributed by atoms with Crippen LogP contribution in [0.1, 0.15) is 36.8 Å². The molecule has 6 nitrogen and oxygen atoms in total. The zero-order chi connectivity index (χ0) is 19.6. The van der Waals surface area contributed by atoms with Crippen molar-refractivity contribution in [3.05, 3.63) is 47.1 Å². The summed E-state index contributed by atoms with van der Waals surface area (Å²) in [6.45, 7) is 5.99. The SMILES string of the molecule is Cc1noc(C)c1CCC(=O)N1CC[C@H](Oc2cccc(F)c2)[C@@](C)(O)C1. The first-order valence-electron chi connectivity index (χ1n) is 9.10. The van der Waals surface area contributed by atoms with Crippen molar-refractivity contribution < 1.29 is 23.6 Å². The lowest BCUT2D eigenvalue weighted by molar-refractivity contribution is -0.145. The topological polar surface area (TPSA) is 75.8 Å². The van der Waals surface area contributed by atoms with Crippen LogP contribution in [0.3, 0.4) is 0 Å². The van der Waals surface area contributed by atoms with E-state index in [0.717, 1.165) is 17.0 Å². The number of rotatable bonds is 5. The number of nitrogens with zero attached hydrogens (tertiary/aromatic N) is 2. The third-order valence-electron chi connectivity index (χ3n) is 5.06. The number of ether oxygens (including phenoxy) is 1. The second-order valence-corrected chi connectivity index (χ2v) is 7.33. The van der Waals surface area contributed by atoms with Crippen molar-refractivity contribution in [3.8, 4) is 5.75 Å². The van der Waals surface area contributed by atoms with Crippen LogP contribution in [-0.4, -0.2) is 45.9 Å². The Morgan fingerprint density at radius 1 is 1.48 bits per heavy atom. The van der Waals surface area contributed by atoms with Crippen LogP contribution in [-0.2, 0) is 11.2 Å². The standard InChI is InChI=1S/C20H25FN2O4/c1-13-17(14(2)27-22-13)7-8-19(24)23-10-9-18(20(3,25)12-23)26-16-6-4-5-15(21)11-16/h4-6,11,18,25H,7-10,12H2,1-3H3/t18-,20-/m0/s1. The lowest BCUT2D eigenvalue weighted by Crippen LogP contribution is -2.58. The van der Waals surface area contributed by atoms with Gasteiger partial charge in [-0.1, -0.05) is 11.2 Å². The van der Waals surface area contributed by atoms with Crippen molar-refractivity contribution in [1.82, 2.24) is 10.1 Å². The number of likely N-dealkylation sites (tertiary alicyclic amines) is 1. The van der Waals surface area contributed by atoms with Gasteiger partial charge in [-0.2, -0.15) is 0 Å². The molecule has 0 bridgehead atoms. The lowest BCUT2D eigenvalue weighted by atomic mass is 9.91. The molecule has 1 amide bonds. The predicted molar refractivity (Wildman–Crippen MR) is 96.9 cm³/mol. The van der Waals surface area contributed by atoms with Gasteiger partial charge in [-0.3, -0.25) is 4.79 Å². The van der Waals surface area contributed by atoms with Crippen LogP contribution in [0, 0.1) is 19.7 Å². The number of benzene rings is 1. The van der Waals surface area contributed by atoms with Gasteiger partial charge in [0.1, 0.15) is 29.0 Å². The molecule has 1 aliphatic rings. The van der Waals surface area contributed by atoms with Crippen LogP contribution in [0.15, 0.2) is 28.8 Å². The summed E-state index contributed by atoms with van der Waals surface area (Å²) >= 11 is 0. The van der Waals surface area contributed by atoms with Crippen LogP contribution in [0.2, 0.25) is 0 Å². The van der Waals surface area contributed by atoms with Gasteiger partial charge in [-0.15, -0.1) is 0 Å². The number of aliphatic hydroxyl groups is 1. The van der Waals surface area contributed by atoms with Crippen molar-refractivity contribution in [2.75, 3.05) is 13.1 Å². The first-order chi connectivity index (χ1) is 12.8. The summed E-state index contributed by atoms with van der Waals surface area (Å²) in [5.41, 5.74) is 0.539. The molecule has 2 atom stereocenters. The molecule has 0 aliphatic carbocycles. The summed E-state index contributed by atoms with van der Waals surface area (Å²) in [5.74, 6) is 0.687. The minimum absolute atomic E-state index is 0.0283. The van der Waals surface area contributed by atoms with Gasteiger partial charge in [0.05, 0.1) is 12.2 Å². The molecule has 27 heavy (non-hydrogen) atoms. The Kier molecular flexibility index (Phi) is 5.51. The number of amides is 1. The molecule has 2 aromatic rings. The van der Waals surface area contributed by atoms with Crippen LogP contribution < -0.4 is 4.74 Å². The summed E-state index contributed by atoms with van der Waals surface area (Å²) in [4.78, 5) is 14.2. The van der Waals surface area contributed by atoms with E-state index in [1.165, 1.54) is 12.1 Å². The Morgan fingerprint density at radius 3 is 2.89 bits per heavy atom. The highest BCUT2D eigenvalue weighted by atomic mass is 19.1. The number of β-amino-alcohol motifs (C(OH)–C–C–N with tert-alkyl or cyclic N) is 1. The Hall–Kier alpha value is -2.41. The van der Waals surface area contributed by atoms with E-state index in [9.17, 15) is 14.3 Å². The third kappa shape index (κ3) is 4.47. The number of piperidine rings is 1. The molecule has 1 aliphatic heterocycles. The normalized spacial score (nSPS) is 22.7. The maximum Gasteiger partial charge on any atom is 0.223 e. The summed E-state index contributed by atoms with van der Waals surface area (Å²) in [6, 6.07) is 5.84. The van der Waals surface area contributed by atoms with Crippen LogP contribution in [0.25, 0.3) is 0 Å². The second-order valence-electron chi connectivity index (χ2n) is 7.33. The molecule has 2 heterocycles. The molecule has 3 rings (SSSR count). The molecule has 1 N–H and O–H groups in total. The maximum absolute atomic E-state index is 13.3. The third-order valence-corrected chi connectivity index (χ3v) is 5.06. The highest BCUT2D eigenvalue weighted by Crippen LogP contribution is 2.27. The Morgan fingerprint density at radius 2 is 2.26 bits per heavy atom. The summed E-state index contributed by atoms with van der Waals surface area (Å²) in [7, 11) is 0. The number of aryl methyl sites for hydroxylation is 2. The monoisotopic (exact) mass is 376 g/mol. The van der Waals surface area contributed by atoms with Crippen LogP contribution in [0.4, 0.5) is 4.39 Å². The smallest absolute Gasteiger partial charge is 0.223 e. The summed E-state index contributed by atoms with van der Waals surface area (Å²) in [5, 5.41) is 14.7. The zero-order valence-electron chi connectivity index (χ0n) is 15.9. The van der Waals surface area contributed by atoms with Gasteiger partial charge in [0.15, 0.2) is 0 Å². The first-order valence-corrected chi connectivity index (χ1v) is 9.10. The fourth-order valence-corrected chi connectivity index (χ4v) is 3.50. The number of carbonyl (C=O) groups excluding carboxylic acids is 1. The van der Waals surface area contributed by atoms with Crippen LogP contribution >= 0.6 is 0 Å². The quantitative estimate of drug-likeness (QED) is 0.868. The van der Waals surface area contributed by atoms with E-state index in [1.54, 1.807) is 24.0 Å². The van der Waals surface area contributed by atoms with E-state index in [-0.39, 0.29) is 18.3 Å². The number of carbonyl (C=O) groups is 1. The van der Waals surface area contributed by atoms with Crippen molar-refractivity contribution in [2.45, 2.75) is 51.7 Å². The molecular weight excluding hydrogens is 351 g/mol. The molecule has 0 saturated carbocycles. The highest BCUT2D eigenvalue weighted by Gasteiger charge is 2.41. The summed E-state index contributed by atoms with van der Waals surface area (Å²) < 4.78 is 24.2. The van der Waals surface area contributed by atoms with Gasteiger partial charge in [-0.05, 0) is 39.3 Å². The molecule has 0 radical (unpaired) electrons. The van der Waals surface area contributed by atoms with E-state index < -0.39 is 11.7 Å². The van der Waals surface area contributed by atoms with E-state index >= 15 is 0 Å². The van der Waals surface area contributed by atoms with E-state index in [2.05, 4.69) is 5.16 Å². The van der Waals surface area contributed by atoms with Crippen molar-refractivity contribution in [3.63, 3.8) is 0 Å². The van der Waals surface area contributed by atoms with Gasteiger partial charge in [-0.25, -0.2) is 4.39 Å². The molecular formula is C20H25FN2O4. The molecule has 0 unspecified atom stereocenters. The van der Waals surface area contributed by atoms with E-state index in [1.807, 2.05) is 13.8 Å². The van der Waals surface area contributed by atoms with Crippen molar-refractivity contribution >= 4 is 5.91 Å². The maximum atomic E-state index is 13.3. The largest absolute Gasteiger partial charge is 0.487 e. The Balaban J connectivity index is 1.58. The Labute approximate surface area is 157 Å². The van der Waals surface area contributed by atoms with Gasteiger partial charge in [0.25, 0.3) is 0 Å². The van der Waals surface area contributed by atoms with Gasteiger partial charge in [0.2, 0.25) is 5.91 Å². The molecule has 146 valence electrons. The van der Waals surface area contributed by atoms with Gasteiger partial charge < -0.3 is 19.3 Å². The van der Waals surface area contributed by atoms with Crippen molar-refractivity contribution in [1.29, 1.82) is 0 Å². The lowest BCUT2D eigenvalue weighted by Gasteiger charge is -2.42.